The van der Waals surface area contributed by atoms with Gasteiger partial charge in [-0.3, -0.25) is 14.6 Å². The highest BCUT2D eigenvalue weighted by atomic mass is 32.1. The average Bonchev–Trinajstić information content (AvgIpc) is 3.39. The number of likely N-dealkylation sites (tertiary alicyclic amines) is 1. The Kier molecular flexibility index (Phi) is 5.64. The highest BCUT2D eigenvalue weighted by Gasteiger charge is 2.16. The molecule has 0 N–H and O–H groups in total. The van der Waals surface area contributed by atoms with Gasteiger partial charge in [0.1, 0.15) is 5.75 Å². The molecule has 162 valence electrons. The molecular formula is C23H21N5O3S. The standard InChI is InChI=1S/C23H21N5O3S/c29-20(27-12-2-1-3-13-27)15-31-18-6-4-16(5-7-18)14-19-22(30)28-23(32-19)25-21(26-28)17-8-10-24-11-9-17/h4-11,14H,1-3,12-13,15H2/b19-14-. The van der Waals surface area contributed by atoms with E-state index in [0.29, 0.717) is 21.1 Å². The SMILES string of the molecule is O=C(COc1ccc(/C=c2\sc3nc(-c4ccncc4)nn3c2=O)cc1)N1CCCCC1. The number of ether oxygens (including phenoxy) is 1. The van der Waals surface area contributed by atoms with Gasteiger partial charge in [-0.25, -0.2) is 0 Å². The second-order valence-corrected chi connectivity index (χ2v) is 8.59. The van der Waals surface area contributed by atoms with Crippen molar-refractivity contribution in [3.05, 3.63) is 69.2 Å². The van der Waals surface area contributed by atoms with Crippen LogP contribution in [0.25, 0.3) is 22.4 Å². The second kappa shape index (κ2) is 8.88. The van der Waals surface area contributed by atoms with Crippen molar-refractivity contribution >= 4 is 28.3 Å². The summed E-state index contributed by atoms with van der Waals surface area (Å²) in [5.74, 6) is 1.15. The van der Waals surface area contributed by atoms with E-state index in [2.05, 4.69) is 15.1 Å². The first-order valence-corrected chi connectivity index (χ1v) is 11.3. The van der Waals surface area contributed by atoms with Crippen LogP contribution in [-0.2, 0) is 4.79 Å². The van der Waals surface area contributed by atoms with E-state index in [4.69, 9.17) is 4.74 Å². The predicted octanol–water partition coefficient (Wildman–Crippen LogP) is 2.15. The Hall–Kier alpha value is -3.59. The van der Waals surface area contributed by atoms with Crippen molar-refractivity contribution in [2.75, 3.05) is 19.7 Å². The number of thiazole rings is 1. The number of fused-ring (bicyclic) bond motifs is 1. The van der Waals surface area contributed by atoms with Gasteiger partial charge in [0.25, 0.3) is 11.5 Å². The number of hydrogen-bond donors (Lipinski definition) is 0. The summed E-state index contributed by atoms with van der Waals surface area (Å²) in [5, 5.41) is 4.34. The van der Waals surface area contributed by atoms with Gasteiger partial charge in [0, 0.05) is 31.0 Å². The molecule has 1 fully saturated rings. The lowest BCUT2D eigenvalue weighted by Crippen LogP contribution is -2.38. The number of nitrogens with zero attached hydrogens (tertiary/aromatic N) is 5. The highest BCUT2D eigenvalue weighted by Crippen LogP contribution is 2.16. The lowest BCUT2D eigenvalue weighted by atomic mass is 10.1. The van der Waals surface area contributed by atoms with E-state index in [-0.39, 0.29) is 18.1 Å². The smallest absolute Gasteiger partial charge is 0.291 e. The summed E-state index contributed by atoms with van der Waals surface area (Å²) in [5.41, 5.74) is 1.47. The van der Waals surface area contributed by atoms with Gasteiger partial charge in [0.05, 0.1) is 4.53 Å². The van der Waals surface area contributed by atoms with Gasteiger partial charge < -0.3 is 9.64 Å². The maximum absolute atomic E-state index is 12.7. The minimum atomic E-state index is -0.203. The number of piperidine rings is 1. The number of carbonyl (C=O) groups is 1. The van der Waals surface area contributed by atoms with E-state index in [0.717, 1.165) is 37.1 Å². The first-order chi connectivity index (χ1) is 15.7. The molecule has 0 radical (unpaired) electrons. The molecule has 1 saturated heterocycles. The lowest BCUT2D eigenvalue weighted by Gasteiger charge is -2.26. The molecule has 1 aliphatic heterocycles. The van der Waals surface area contributed by atoms with Crippen LogP contribution in [0.4, 0.5) is 0 Å². The Morgan fingerprint density at radius 2 is 1.81 bits per heavy atom. The summed E-state index contributed by atoms with van der Waals surface area (Å²) in [6.45, 7) is 1.68. The molecule has 5 rings (SSSR count). The fourth-order valence-corrected chi connectivity index (χ4v) is 4.56. The van der Waals surface area contributed by atoms with Crippen molar-refractivity contribution in [1.82, 2.24) is 24.5 Å². The number of pyridine rings is 1. The maximum atomic E-state index is 12.7. The van der Waals surface area contributed by atoms with Crippen LogP contribution in [0.3, 0.4) is 0 Å². The van der Waals surface area contributed by atoms with Crippen LogP contribution in [0.5, 0.6) is 5.75 Å². The van der Waals surface area contributed by atoms with Crippen LogP contribution in [0.15, 0.2) is 53.6 Å². The molecular weight excluding hydrogens is 426 g/mol. The molecule has 3 aromatic heterocycles. The van der Waals surface area contributed by atoms with Gasteiger partial charge in [0.15, 0.2) is 12.4 Å². The van der Waals surface area contributed by atoms with E-state index >= 15 is 0 Å². The molecule has 8 nitrogen and oxygen atoms in total. The zero-order chi connectivity index (χ0) is 21.9. The van der Waals surface area contributed by atoms with E-state index in [1.807, 2.05) is 17.0 Å². The van der Waals surface area contributed by atoms with Gasteiger partial charge >= 0.3 is 0 Å². The first kappa shape index (κ1) is 20.3. The minimum absolute atomic E-state index is 0.0249. The summed E-state index contributed by atoms with van der Waals surface area (Å²) in [4.78, 5) is 35.8. The third-order valence-electron chi connectivity index (χ3n) is 5.37. The summed E-state index contributed by atoms with van der Waals surface area (Å²) >= 11 is 1.29. The predicted molar refractivity (Wildman–Crippen MR) is 122 cm³/mol. The number of rotatable bonds is 5. The summed E-state index contributed by atoms with van der Waals surface area (Å²) in [6, 6.07) is 10.9. The van der Waals surface area contributed by atoms with Crippen molar-refractivity contribution in [3.8, 4) is 17.1 Å². The third-order valence-corrected chi connectivity index (χ3v) is 6.33. The fraction of sp³-hybridized carbons (Fsp3) is 0.261. The summed E-state index contributed by atoms with van der Waals surface area (Å²) in [6.07, 6.45) is 8.44. The number of benzene rings is 1. The van der Waals surface area contributed by atoms with Crippen LogP contribution in [0.1, 0.15) is 24.8 Å². The zero-order valence-electron chi connectivity index (χ0n) is 17.3. The van der Waals surface area contributed by atoms with E-state index in [1.165, 1.54) is 22.3 Å². The fourth-order valence-electron chi connectivity index (χ4n) is 3.65. The molecule has 0 saturated carbocycles. The van der Waals surface area contributed by atoms with E-state index in [9.17, 15) is 9.59 Å². The van der Waals surface area contributed by atoms with Gasteiger partial charge in [0.2, 0.25) is 4.96 Å². The number of amides is 1. The normalized spacial score (nSPS) is 14.8. The molecule has 4 aromatic rings. The van der Waals surface area contributed by atoms with Crippen LogP contribution >= 0.6 is 11.3 Å². The van der Waals surface area contributed by atoms with Crippen molar-refractivity contribution < 1.29 is 9.53 Å². The molecule has 1 amide bonds. The van der Waals surface area contributed by atoms with Gasteiger partial charge in [-0.1, -0.05) is 23.5 Å². The van der Waals surface area contributed by atoms with Gasteiger partial charge in [-0.15, -0.1) is 5.10 Å². The number of carbonyl (C=O) groups excluding carboxylic acids is 1. The molecule has 4 heterocycles. The van der Waals surface area contributed by atoms with E-state index < -0.39 is 0 Å². The molecule has 0 bridgehead atoms. The quantitative estimate of drug-likeness (QED) is 0.466. The van der Waals surface area contributed by atoms with Gasteiger partial charge in [-0.2, -0.15) is 9.50 Å². The summed E-state index contributed by atoms with van der Waals surface area (Å²) in [7, 11) is 0. The second-order valence-electron chi connectivity index (χ2n) is 7.58. The van der Waals surface area contributed by atoms with Crippen molar-refractivity contribution in [3.63, 3.8) is 0 Å². The van der Waals surface area contributed by atoms with Crippen LogP contribution in [0.2, 0.25) is 0 Å². The topological polar surface area (TPSA) is 89.7 Å². The number of hydrogen-bond acceptors (Lipinski definition) is 7. The Labute approximate surface area is 187 Å². The molecule has 32 heavy (non-hydrogen) atoms. The monoisotopic (exact) mass is 447 g/mol. The Morgan fingerprint density at radius 1 is 1.06 bits per heavy atom. The van der Waals surface area contributed by atoms with Crippen molar-refractivity contribution in [2.24, 2.45) is 0 Å². The first-order valence-electron chi connectivity index (χ1n) is 10.5. The third kappa shape index (κ3) is 4.24. The van der Waals surface area contributed by atoms with E-state index in [1.54, 1.807) is 42.7 Å². The molecule has 0 atom stereocenters. The minimum Gasteiger partial charge on any atom is -0.484 e. The molecule has 1 aliphatic rings. The maximum Gasteiger partial charge on any atom is 0.291 e. The van der Waals surface area contributed by atoms with Gasteiger partial charge in [-0.05, 0) is 55.2 Å². The van der Waals surface area contributed by atoms with Crippen LogP contribution in [0, 0.1) is 0 Å². The molecule has 1 aromatic carbocycles. The molecule has 0 unspecified atom stereocenters. The molecule has 0 aliphatic carbocycles. The molecule has 0 spiro atoms. The van der Waals surface area contributed by atoms with Crippen LogP contribution < -0.4 is 14.8 Å². The zero-order valence-corrected chi connectivity index (χ0v) is 18.1. The average molecular weight is 448 g/mol. The van der Waals surface area contributed by atoms with Crippen molar-refractivity contribution in [1.29, 1.82) is 0 Å². The lowest BCUT2D eigenvalue weighted by molar-refractivity contribution is -0.134. The van der Waals surface area contributed by atoms with Crippen molar-refractivity contribution in [2.45, 2.75) is 19.3 Å². The largest absolute Gasteiger partial charge is 0.484 e. The highest BCUT2D eigenvalue weighted by molar-refractivity contribution is 7.15. The Balaban J connectivity index is 1.29. The Morgan fingerprint density at radius 3 is 2.53 bits per heavy atom. The van der Waals surface area contributed by atoms with Crippen LogP contribution in [-0.4, -0.2) is 50.1 Å². The molecule has 9 heteroatoms. The summed E-state index contributed by atoms with van der Waals surface area (Å²) < 4.78 is 7.53. The Bertz CT molecular complexity index is 1340. The number of aromatic nitrogens is 4.